The minimum absolute atomic E-state index is 0.305. The zero-order valence-electron chi connectivity index (χ0n) is 11.6. The Kier molecular flexibility index (Phi) is 3.33. The Morgan fingerprint density at radius 2 is 1.81 bits per heavy atom. The van der Waals surface area contributed by atoms with Crippen molar-refractivity contribution in [2.24, 2.45) is 0 Å². The number of nitrogen functional groups attached to an aromatic ring is 1. The normalized spacial score (nSPS) is 12.0. The molecule has 3 nitrogen and oxygen atoms in total. The number of nitriles is 2. The summed E-state index contributed by atoms with van der Waals surface area (Å²) in [5, 5.41) is 18.9. The first kappa shape index (κ1) is 13.5. The van der Waals surface area contributed by atoms with Gasteiger partial charge >= 0.3 is 0 Å². The lowest BCUT2D eigenvalue weighted by atomic mass is 9.81. The summed E-state index contributed by atoms with van der Waals surface area (Å²) in [6.45, 7) is 0. The summed E-state index contributed by atoms with van der Waals surface area (Å²) in [5.41, 5.74) is 11.6. The topological polar surface area (TPSA) is 73.6 Å². The number of thioether (sulfide) groups is 1. The molecular weight excluding hydrogens is 278 g/mol. The summed E-state index contributed by atoms with van der Waals surface area (Å²) in [7, 11) is 0. The summed E-state index contributed by atoms with van der Waals surface area (Å²) in [6, 6.07) is 12.5. The van der Waals surface area contributed by atoms with Gasteiger partial charge in [-0.25, -0.2) is 0 Å². The highest BCUT2D eigenvalue weighted by atomic mass is 32.2. The highest BCUT2D eigenvalue weighted by Gasteiger charge is 2.26. The van der Waals surface area contributed by atoms with Crippen molar-refractivity contribution < 1.29 is 0 Å². The summed E-state index contributed by atoms with van der Waals surface area (Å²) in [6.07, 6.45) is 3.71. The van der Waals surface area contributed by atoms with E-state index in [1.807, 2.05) is 24.5 Å². The number of hydrogen-bond acceptors (Lipinski definition) is 4. The van der Waals surface area contributed by atoms with Gasteiger partial charge in [-0.05, 0) is 35.8 Å². The van der Waals surface area contributed by atoms with Crippen LogP contribution < -0.4 is 5.73 Å². The Hall–Kier alpha value is -2.43. The lowest BCUT2D eigenvalue weighted by Gasteiger charge is -2.25. The smallest absolute Gasteiger partial charge is 0.103 e. The van der Waals surface area contributed by atoms with Crippen LogP contribution in [0.25, 0.3) is 11.1 Å². The van der Waals surface area contributed by atoms with Crippen LogP contribution in [0.5, 0.6) is 0 Å². The zero-order chi connectivity index (χ0) is 15.0. The third-order valence-electron chi connectivity index (χ3n) is 3.95. The van der Waals surface area contributed by atoms with E-state index in [9.17, 15) is 10.5 Å². The summed E-state index contributed by atoms with van der Waals surface area (Å²) < 4.78 is 0. The third-order valence-corrected chi connectivity index (χ3v) is 4.81. The number of hydrogen-bond donors (Lipinski definition) is 1. The number of anilines is 1. The van der Waals surface area contributed by atoms with Crippen LogP contribution in [0.4, 0.5) is 5.69 Å². The molecule has 1 aliphatic rings. The SMILES string of the molecule is CSc1c(C#N)c(N)c(C#N)c2c1CCc1ccccc1-2. The van der Waals surface area contributed by atoms with Crippen molar-refractivity contribution in [1.82, 2.24) is 0 Å². The van der Waals surface area contributed by atoms with Crippen molar-refractivity contribution in [3.8, 4) is 23.3 Å². The molecule has 3 rings (SSSR count). The minimum Gasteiger partial charge on any atom is -0.397 e. The van der Waals surface area contributed by atoms with Gasteiger partial charge in [0.25, 0.3) is 0 Å². The fourth-order valence-electron chi connectivity index (χ4n) is 3.03. The monoisotopic (exact) mass is 291 g/mol. The number of benzene rings is 2. The van der Waals surface area contributed by atoms with Gasteiger partial charge in [0.2, 0.25) is 0 Å². The predicted octanol–water partition coefficient (Wildman–Crippen LogP) is 3.50. The predicted molar refractivity (Wildman–Crippen MR) is 84.9 cm³/mol. The summed E-state index contributed by atoms with van der Waals surface area (Å²) >= 11 is 1.53. The maximum atomic E-state index is 9.54. The molecule has 0 amide bonds. The average Bonchev–Trinajstić information content (AvgIpc) is 2.53. The van der Waals surface area contributed by atoms with E-state index >= 15 is 0 Å². The lowest BCUT2D eigenvalue weighted by molar-refractivity contribution is 0.914. The molecule has 0 saturated heterocycles. The fourth-order valence-corrected chi connectivity index (χ4v) is 3.84. The molecule has 0 fully saturated rings. The molecule has 1 aliphatic carbocycles. The van der Waals surface area contributed by atoms with Crippen molar-refractivity contribution >= 4 is 17.4 Å². The molecule has 102 valence electrons. The molecule has 0 aliphatic heterocycles. The Bertz CT molecular complexity index is 825. The highest BCUT2D eigenvalue weighted by molar-refractivity contribution is 7.98. The molecule has 2 N–H and O–H groups in total. The molecular formula is C17H13N3S. The van der Waals surface area contributed by atoms with Crippen LogP contribution in [0.15, 0.2) is 29.2 Å². The molecule has 2 aromatic rings. The van der Waals surface area contributed by atoms with E-state index < -0.39 is 0 Å². The van der Waals surface area contributed by atoms with Crippen molar-refractivity contribution in [1.29, 1.82) is 10.5 Å². The maximum absolute atomic E-state index is 9.54. The second kappa shape index (κ2) is 5.16. The average molecular weight is 291 g/mol. The quantitative estimate of drug-likeness (QED) is 0.644. The highest BCUT2D eigenvalue weighted by Crippen LogP contribution is 2.44. The van der Waals surface area contributed by atoms with Gasteiger partial charge in [-0.3, -0.25) is 0 Å². The van der Waals surface area contributed by atoms with Crippen molar-refractivity contribution in [3.63, 3.8) is 0 Å². The minimum atomic E-state index is 0.305. The molecule has 0 aromatic heterocycles. The third kappa shape index (κ3) is 1.88. The number of fused-ring (bicyclic) bond motifs is 3. The van der Waals surface area contributed by atoms with E-state index in [4.69, 9.17) is 5.73 Å². The van der Waals surface area contributed by atoms with Crippen LogP contribution in [0.1, 0.15) is 22.3 Å². The van der Waals surface area contributed by atoms with E-state index in [2.05, 4.69) is 18.2 Å². The molecule has 0 heterocycles. The van der Waals surface area contributed by atoms with Gasteiger partial charge in [-0.1, -0.05) is 24.3 Å². The molecule has 0 bridgehead atoms. The molecule has 0 unspecified atom stereocenters. The van der Waals surface area contributed by atoms with E-state index in [0.717, 1.165) is 34.4 Å². The fraction of sp³-hybridized carbons (Fsp3) is 0.176. The van der Waals surface area contributed by atoms with Crippen LogP contribution in [0, 0.1) is 22.7 Å². The first-order valence-corrected chi connectivity index (χ1v) is 7.86. The van der Waals surface area contributed by atoms with Gasteiger partial charge in [0, 0.05) is 10.5 Å². The molecule has 4 heteroatoms. The van der Waals surface area contributed by atoms with E-state index in [-0.39, 0.29) is 0 Å². The van der Waals surface area contributed by atoms with Gasteiger partial charge in [0.15, 0.2) is 0 Å². The number of aryl methyl sites for hydroxylation is 1. The Balaban J connectivity index is 2.48. The Morgan fingerprint density at radius 1 is 1.10 bits per heavy atom. The number of rotatable bonds is 1. The van der Waals surface area contributed by atoms with Gasteiger partial charge < -0.3 is 5.73 Å². The van der Waals surface area contributed by atoms with Gasteiger partial charge in [-0.2, -0.15) is 10.5 Å². The standard InChI is InChI=1S/C17H13N3S/c1-21-17-12-7-6-10-4-2-3-5-11(10)15(12)13(8-18)16(20)14(17)9-19/h2-5H,6-7,20H2,1H3. The largest absolute Gasteiger partial charge is 0.397 e. The molecule has 0 radical (unpaired) electrons. The van der Waals surface area contributed by atoms with Crippen LogP contribution in [-0.2, 0) is 12.8 Å². The van der Waals surface area contributed by atoms with Gasteiger partial charge in [-0.15, -0.1) is 11.8 Å². The van der Waals surface area contributed by atoms with E-state index in [1.54, 1.807) is 0 Å². The molecule has 0 spiro atoms. The number of nitrogens with two attached hydrogens (primary N) is 1. The van der Waals surface area contributed by atoms with Gasteiger partial charge in [0.05, 0.1) is 16.8 Å². The van der Waals surface area contributed by atoms with Crippen molar-refractivity contribution in [2.45, 2.75) is 17.7 Å². The second-order valence-electron chi connectivity index (χ2n) is 4.93. The van der Waals surface area contributed by atoms with Crippen LogP contribution in [0.2, 0.25) is 0 Å². The number of nitrogens with zero attached hydrogens (tertiary/aromatic N) is 2. The van der Waals surface area contributed by atoms with E-state index in [0.29, 0.717) is 16.8 Å². The van der Waals surface area contributed by atoms with E-state index in [1.165, 1.54) is 17.3 Å². The molecule has 21 heavy (non-hydrogen) atoms. The van der Waals surface area contributed by atoms with Crippen LogP contribution >= 0.6 is 11.8 Å². The van der Waals surface area contributed by atoms with Crippen molar-refractivity contribution in [2.75, 3.05) is 12.0 Å². The van der Waals surface area contributed by atoms with Gasteiger partial charge in [0.1, 0.15) is 12.1 Å². The Morgan fingerprint density at radius 3 is 2.48 bits per heavy atom. The molecule has 0 saturated carbocycles. The summed E-state index contributed by atoms with van der Waals surface area (Å²) in [5.74, 6) is 0. The Labute approximate surface area is 128 Å². The second-order valence-corrected chi connectivity index (χ2v) is 5.75. The molecule has 0 atom stereocenters. The lowest BCUT2D eigenvalue weighted by Crippen LogP contribution is -2.11. The van der Waals surface area contributed by atoms with Crippen LogP contribution in [-0.4, -0.2) is 6.26 Å². The maximum Gasteiger partial charge on any atom is 0.103 e. The zero-order valence-corrected chi connectivity index (χ0v) is 12.4. The first-order chi connectivity index (χ1) is 10.2. The van der Waals surface area contributed by atoms with Crippen LogP contribution in [0.3, 0.4) is 0 Å². The summed E-state index contributed by atoms with van der Waals surface area (Å²) in [4.78, 5) is 0.915. The molecule has 2 aromatic carbocycles. The first-order valence-electron chi connectivity index (χ1n) is 6.63. The van der Waals surface area contributed by atoms with Crippen molar-refractivity contribution in [3.05, 3.63) is 46.5 Å².